The van der Waals surface area contributed by atoms with Crippen LogP contribution >= 0.6 is 7.82 Å². The molecule has 12 heteroatoms. The molecule has 39 heavy (non-hydrogen) atoms. The molecule has 0 aliphatic heterocycles. The fourth-order valence-electron chi connectivity index (χ4n) is 3.19. The van der Waals surface area contributed by atoms with E-state index in [1.54, 1.807) is 6.92 Å². The van der Waals surface area contributed by atoms with Crippen molar-refractivity contribution < 1.29 is 47.5 Å². The van der Waals surface area contributed by atoms with Gasteiger partial charge in [0.05, 0.1) is 13.2 Å². The fourth-order valence-corrected chi connectivity index (χ4v) is 3.97. The summed E-state index contributed by atoms with van der Waals surface area (Å²) in [7, 11) is -4.67. The van der Waals surface area contributed by atoms with E-state index in [9.17, 15) is 23.8 Å². The average Bonchev–Trinajstić information content (AvgIpc) is 2.90. The number of nitrogens with two attached hydrogens (primary N) is 1. The normalized spacial score (nSPS) is 14.8. The van der Waals surface area contributed by atoms with Crippen molar-refractivity contribution >= 4 is 25.7 Å². The first-order valence-electron chi connectivity index (χ1n) is 13.9. The summed E-state index contributed by atoms with van der Waals surface area (Å²) >= 11 is 0. The van der Waals surface area contributed by atoms with Crippen LogP contribution in [-0.4, -0.2) is 59.9 Å². The molecule has 0 rings (SSSR count). The number of hydrogen-bond acceptors (Lipinski definition) is 9. The van der Waals surface area contributed by atoms with E-state index in [1.807, 2.05) is 0 Å². The highest BCUT2D eigenvalue weighted by Crippen LogP contribution is 2.43. The number of carbonyl (C=O) groups excluding carboxylic acids is 2. The number of allylic oxidation sites excluding steroid dienone is 4. The topological polar surface area (TPSA) is 172 Å². The molecule has 3 unspecified atom stereocenters. The van der Waals surface area contributed by atoms with E-state index in [4.69, 9.17) is 24.8 Å². The Kier molecular flexibility index (Phi) is 22.6. The minimum absolute atomic E-state index is 0.0994. The molecule has 0 aromatic carbocycles. The van der Waals surface area contributed by atoms with Crippen molar-refractivity contribution in [2.75, 3.05) is 19.8 Å². The van der Waals surface area contributed by atoms with Gasteiger partial charge < -0.3 is 25.2 Å². The standard InChI is InChI=1S/C27H48NO10P/c1-3-5-6-7-8-9-10-11-12-13-14-15-16-17-18-19-26(30)38-23(20-35-25(29)4-2)21-36-39(33,34)37-22-24(28)27(31)32/h8-9,11-12,23-24H,3-7,10,13-22,28H2,1-2H3,(H,31,32)(H,33,34)/b9-8-,12-11-. The third-order valence-corrected chi connectivity index (χ3v) is 6.46. The minimum atomic E-state index is -4.67. The van der Waals surface area contributed by atoms with E-state index < -0.39 is 51.1 Å². The summed E-state index contributed by atoms with van der Waals surface area (Å²) in [6.45, 7) is 2.07. The lowest BCUT2D eigenvalue weighted by atomic mass is 10.1. The second-order valence-corrected chi connectivity index (χ2v) is 10.6. The number of aliphatic carboxylic acids is 1. The molecular formula is C27H48NO10P. The number of hydrogen-bond donors (Lipinski definition) is 3. The number of unbranched alkanes of at least 4 members (excludes halogenated alkanes) is 8. The van der Waals surface area contributed by atoms with E-state index in [2.05, 4.69) is 35.8 Å². The number of rotatable bonds is 25. The maximum absolute atomic E-state index is 12.2. The molecule has 0 radical (unpaired) electrons. The van der Waals surface area contributed by atoms with Crippen molar-refractivity contribution in [2.45, 2.75) is 109 Å². The average molecular weight is 578 g/mol. The smallest absolute Gasteiger partial charge is 0.472 e. The Morgan fingerprint density at radius 1 is 0.821 bits per heavy atom. The maximum atomic E-state index is 12.2. The van der Waals surface area contributed by atoms with Gasteiger partial charge >= 0.3 is 25.7 Å². The second kappa shape index (κ2) is 23.8. The molecule has 226 valence electrons. The van der Waals surface area contributed by atoms with E-state index >= 15 is 0 Å². The maximum Gasteiger partial charge on any atom is 0.472 e. The molecule has 0 amide bonds. The number of phosphoric ester groups is 1. The number of carboxylic acids is 1. The van der Waals surface area contributed by atoms with Gasteiger partial charge in [-0.1, -0.05) is 70.3 Å². The van der Waals surface area contributed by atoms with Gasteiger partial charge in [-0.3, -0.25) is 23.4 Å². The van der Waals surface area contributed by atoms with Crippen molar-refractivity contribution in [3.63, 3.8) is 0 Å². The molecule has 0 aromatic heterocycles. The van der Waals surface area contributed by atoms with Crippen LogP contribution in [0, 0.1) is 0 Å². The number of carbonyl (C=O) groups is 3. The summed E-state index contributed by atoms with van der Waals surface area (Å²) in [5, 5.41) is 8.72. The van der Waals surface area contributed by atoms with Crippen molar-refractivity contribution in [2.24, 2.45) is 5.73 Å². The zero-order chi connectivity index (χ0) is 29.4. The van der Waals surface area contributed by atoms with Crippen LogP contribution in [0.3, 0.4) is 0 Å². The van der Waals surface area contributed by atoms with Crippen molar-refractivity contribution in [1.82, 2.24) is 0 Å². The van der Waals surface area contributed by atoms with Crippen LogP contribution in [0.25, 0.3) is 0 Å². The van der Waals surface area contributed by atoms with Crippen LogP contribution in [0.1, 0.15) is 97.3 Å². The Bertz CT molecular complexity index is 787. The minimum Gasteiger partial charge on any atom is -0.480 e. The van der Waals surface area contributed by atoms with E-state index in [0.29, 0.717) is 6.42 Å². The van der Waals surface area contributed by atoms with Gasteiger partial charge in [-0.2, -0.15) is 0 Å². The highest BCUT2D eigenvalue weighted by molar-refractivity contribution is 7.47. The number of carboxylic acid groups (broad SMARTS) is 1. The molecule has 0 spiro atoms. The van der Waals surface area contributed by atoms with Gasteiger partial charge in [0.2, 0.25) is 0 Å². The molecule has 0 aliphatic rings. The summed E-state index contributed by atoms with van der Waals surface area (Å²) < 4.78 is 31.5. The molecule has 0 heterocycles. The molecule has 0 fully saturated rings. The third kappa shape index (κ3) is 23.6. The lowest BCUT2D eigenvalue weighted by Crippen LogP contribution is -2.34. The van der Waals surface area contributed by atoms with Gasteiger partial charge in [0.25, 0.3) is 0 Å². The van der Waals surface area contributed by atoms with Gasteiger partial charge in [0.15, 0.2) is 6.10 Å². The van der Waals surface area contributed by atoms with Gasteiger partial charge in [-0.25, -0.2) is 4.57 Å². The van der Waals surface area contributed by atoms with Crippen LogP contribution in [0.15, 0.2) is 24.3 Å². The van der Waals surface area contributed by atoms with Crippen molar-refractivity contribution in [1.29, 1.82) is 0 Å². The third-order valence-electron chi connectivity index (χ3n) is 5.51. The summed E-state index contributed by atoms with van der Waals surface area (Å²) in [6.07, 6.45) is 19.5. The molecule has 0 saturated carbocycles. The predicted molar refractivity (Wildman–Crippen MR) is 148 cm³/mol. The van der Waals surface area contributed by atoms with Crippen molar-refractivity contribution in [3.8, 4) is 0 Å². The van der Waals surface area contributed by atoms with Gasteiger partial charge in [-0.05, 0) is 38.5 Å². The largest absolute Gasteiger partial charge is 0.480 e. The molecular weight excluding hydrogens is 529 g/mol. The van der Waals surface area contributed by atoms with Gasteiger partial charge in [-0.15, -0.1) is 0 Å². The Balaban J connectivity index is 4.22. The molecule has 3 atom stereocenters. The molecule has 4 N–H and O–H groups in total. The molecule has 11 nitrogen and oxygen atoms in total. The second-order valence-electron chi connectivity index (χ2n) is 9.13. The number of ether oxygens (including phenoxy) is 2. The monoisotopic (exact) mass is 577 g/mol. The first-order valence-corrected chi connectivity index (χ1v) is 15.4. The summed E-state index contributed by atoms with van der Waals surface area (Å²) in [5.41, 5.74) is 5.23. The summed E-state index contributed by atoms with van der Waals surface area (Å²) in [5.74, 6) is -2.51. The quantitative estimate of drug-likeness (QED) is 0.0563. The van der Waals surface area contributed by atoms with E-state index in [1.165, 1.54) is 19.3 Å². The van der Waals surface area contributed by atoms with Crippen LogP contribution in [-0.2, 0) is 37.5 Å². The summed E-state index contributed by atoms with van der Waals surface area (Å²) in [4.78, 5) is 44.1. The van der Waals surface area contributed by atoms with Gasteiger partial charge in [0.1, 0.15) is 12.6 Å². The number of phosphoric acid groups is 1. The van der Waals surface area contributed by atoms with Crippen LogP contribution in [0.4, 0.5) is 0 Å². The first kappa shape index (κ1) is 37.0. The summed E-state index contributed by atoms with van der Waals surface area (Å²) in [6, 6.07) is -1.52. The van der Waals surface area contributed by atoms with Crippen LogP contribution in [0.2, 0.25) is 0 Å². The predicted octanol–water partition coefficient (Wildman–Crippen LogP) is 5.21. The van der Waals surface area contributed by atoms with E-state index in [-0.39, 0.29) is 19.4 Å². The molecule has 0 bridgehead atoms. The lowest BCUT2D eigenvalue weighted by molar-refractivity contribution is -0.161. The SMILES string of the molecule is CCCCC/C=C\C/C=C\CCCCCCCC(=O)OC(COC(=O)CC)COP(=O)(O)OCC(N)C(=O)O. The first-order chi connectivity index (χ1) is 18.6. The molecule has 0 aromatic rings. The zero-order valence-electron chi connectivity index (χ0n) is 23.5. The van der Waals surface area contributed by atoms with Crippen LogP contribution < -0.4 is 5.73 Å². The number of esters is 2. The fraction of sp³-hybridized carbons (Fsp3) is 0.741. The van der Waals surface area contributed by atoms with E-state index in [0.717, 1.165) is 44.9 Å². The lowest BCUT2D eigenvalue weighted by Gasteiger charge is -2.20. The highest BCUT2D eigenvalue weighted by Gasteiger charge is 2.28. The zero-order valence-corrected chi connectivity index (χ0v) is 24.4. The highest BCUT2D eigenvalue weighted by atomic mass is 31.2. The Morgan fingerprint density at radius 3 is 2.03 bits per heavy atom. The molecule has 0 saturated heterocycles. The van der Waals surface area contributed by atoms with Crippen molar-refractivity contribution in [3.05, 3.63) is 24.3 Å². The molecule has 0 aliphatic carbocycles. The Morgan fingerprint density at radius 2 is 1.41 bits per heavy atom. The van der Waals surface area contributed by atoms with Gasteiger partial charge in [0, 0.05) is 12.8 Å². The Labute approximate surface area is 232 Å². The van der Waals surface area contributed by atoms with Crippen LogP contribution in [0.5, 0.6) is 0 Å². The Hall–Kier alpha value is -2.04.